The predicted molar refractivity (Wildman–Crippen MR) is 63.5 cm³/mol. The van der Waals surface area contributed by atoms with E-state index in [1.165, 1.54) is 50.5 Å². The van der Waals surface area contributed by atoms with Crippen molar-refractivity contribution in [2.24, 2.45) is 4.80 Å². The van der Waals surface area contributed by atoms with E-state index in [1.54, 1.807) is 0 Å². The molecule has 0 saturated carbocycles. The van der Waals surface area contributed by atoms with Gasteiger partial charge in [0, 0.05) is 0 Å². The first kappa shape index (κ1) is 13.6. The van der Waals surface area contributed by atoms with Crippen molar-refractivity contribution >= 4 is 8.59 Å². The summed E-state index contributed by atoms with van der Waals surface area (Å²) in [5, 5.41) is 0. The van der Waals surface area contributed by atoms with Crippen molar-refractivity contribution in [1.29, 1.82) is 0 Å². The van der Waals surface area contributed by atoms with Gasteiger partial charge in [-0.15, -0.1) is 4.80 Å². The smallest absolute Gasteiger partial charge is 0.181 e. The Hall–Kier alpha value is -0.443. The maximum atomic E-state index is 4.96. The zero-order valence-corrected chi connectivity index (χ0v) is 10.6. The van der Waals surface area contributed by atoms with Crippen molar-refractivity contribution in [3.63, 3.8) is 0 Å². The van der Waals surface area contributed by atoms with Crippen LogP contribution in [0.4, 0.5) is 0 Å². The van der Waals surface area contributed by atoms with Gasteiger partial charge in [-0.05, 0) is 12.1 Å². The van der Waals surface area contributed by atoms with Crippen molar-refractivity contribution in [1.82, 2.24) is 0 Å². The highest BCUT2D eigenvalue weighted by molar-refractivity contribution is 6.46. The molecule has 0 amide bonds. The molecule has 0 heterocycles. The quantitative estimate of drug-likeness (QED) is 0.242. The Balaban J connectivity index is 3.77. The van der Waals surface area contributed by atoms with Crippen LogP contribution in [0.5, 0.6) is 0 Å². The van der Waals surface area contributed by atoms with E-state index in [-0.39, 0.29) is 0 Å². The molecule has 0 saturated heterocycles. The van der Waals surface area contributed by atoms with E-state index >= 15 is 0 Å². The van der Waals surface area contributed by atoms with Crippen LogP contribution < -0.4 is 0 Å². The van der Waals surface area contributed by atoms with Crippen LogP contribution in [0.15, 0.2) is 17.6 Å². The molecule has 3 heteroatoms. The summed E-state index contributed by atoms with van der Waals surface area (Å²) in [7, 11) is -0.611. The van der Waals surface area contributed by atoms with Crippen molar-refractivity contribution in [2.45, 2.75) is 58.0 Å². The van der Waals surface area contributed by atoms with E-state index in [2.05, 4.69) is 25.2 Å². The third-order valence-corrected chi connectivity index (χ3v) is 4.37. The van der Waals surface area contributed by atoms with Gasteiger partial charge >= 0.3 is 0 Å². The molecule has 0 radical (unpaired) electrons. The lowest BCUT2D eigenvalue weighted by Gasteiger charge is -2.02. The lowest BCUT2D eigenvalue weighted by Crippen LogP contribution is -2.00. The van der Waals surface area contributed by atoms with Gasteiger partial charge in [0.15, 0.2) is 8.59 Å². The molecule has 0 aliphatic carbocycles. The molecule has 0 atom stereocenters. The van der Waals surface area contributed by atoms with E-state index in [1.807, 2.05) is 0 Å². The summed E-state index contributed by atoms with van der Waals surface area (Å²) in [6, 6.07) is 2.51. The van der Waals surface area contributed by atoms with E-state index in [0.29, 0.717) is 0 Å². The molecule has 0 unspecified atom stereocenters. The van der Waals surface area contributed by atoms with Crippen LogP contribution in [0.3, 0.4) is 0 Å². The minimum atomic E-state index is -0.611. The highest BCUT2D eigenvalue weighted by atomic mass is 28.2. The second-order valence-corrected chi connectivity index (χ2v) is 5.81. The van der Waals surface area contributed by atoms with Crippen molar-refractivity contribution in [2.75, 3.05) is 0 Å². The summed E-state index contributed by atoms with van der Waals surface area (Å²) in [6.45, 7) is 7.96. The molecule has 0 aliphatic heterocycles. The molecule has 0 N–H and O–H groups in total. The maximum absolute atomic E-state index is 4.96. The Kier molecular flexibility index (Phi) is 10.3. The average Bonchev–Trinajstić information content (AvgIpc) is 2.21. The molecule has 0 aromatic rings. The largest absolute Gasteiger partial charge is 0.376 e. The van der Waals surface area contributed by atoms with Crippen molar-refractivity contribution < 1.29 is 4.84 Å². The summed E-state index contributed by atoms with van der Waals surface area (Å²) in [6.07, 6.45) is 7.88. The lowest BCUT2D eigenvalue weighted by molar-refractivity contribution is 0.272. The van der Waals surface area contributed by atoms with Crippen molar-refractivity contribution in [3.8, 4) is 0 Å². The zero-order valence-electron chi connectivity index (χ0n) is 9.59. The summed E-state index contributed by atoms with van der Waals surface area (Å²) < 4.78 is 0. The van der Waals surface area contributed by atoms with E-state index < -0.39 is 8.59 Å². The van der Waals surface area contributed by atoms with Crippen LogP contribution in [0, 0.1) is 0 Å². The molecule has 0 aromatic carbocycles. The van der Waals surface area contributed by atoms with Crippen LogP contribution in [0.2, 0.25) is 12.1 Å². The molecule has 0 spiro atoms. The molecule has 0 fully saturated rings. The fourth-order valence-electron chi connectivity index (χ4n) is 1.29. The molecule has 0 bridgehead atoms. The number of hydrogen-bond acceptors (Lipinski definition) is 2. The first-order chi connectivity index (χ1) is 6.85. The van der Waals surface area contributed by atoms with Gasteiger partial charge < -0.3 is 4.84 Å². The van der Waals surface area contributed by atoms with Gasteiger partial charge in [-0.25, -0.2) is 0 Å². The summed E-state index contributed by atoms with van der Waals surface area (Å²) in [5.41, 5.74) is 0. The zero-order chi connectivity index (χ0) is 10.6. The fourth-order valence-corrected chi connectivity index (χ4v) is 3.36. The lowest BCUT2D eigenvalue weighted by atomic mass is 10.3. The third kappa shape index (κ3) is 8.17. The van der Waals surface area contributed by atoms with Gasteiger partial charge in [0.25, 0.3) is 0 Å². The molecular formula is C11H23NOSi. The third-order valence-electron chi connectivity index (χ3n) is 2.14. The summed E-state index contributed by atoms with van der Waals surface area (Å²) in [5.74, 6) is 0. The second kappa shape index (κ2) is 10.6. The Morgan fingerprint density at radius 2 is 1.79 bits per heavy atom. The molecule has 0 aromatic heterocycles. The molecule has 0 rings (SSSR count). The van der Waals surface area contributed by atoms with Gasteiger partial charge in [0.2, 0.25) is 0 Å². The number of rotatable bonds is 9. The number of nitrogens with zero attached hydrogens (tertiary/aromatic N) is 1. The average molecular weight is 213 g/mol. The number of hydrogen-bond donors (Lipinski definition) is 0. The molecule has 2 nitrogen and oxygen atoms in total. The highest BCUT2D eigenvalue weighted by Gasteiger charge is 2.02. The molecular weight excluding hydrogens is 190 g/mol. The Morgan fingerprint density at radius 3 is 2.36 bits per heavy atom. The SMILES string of the molecule is C=CON=[Si](CCCC)CCCCC. The number of unbranched alkanes of at least 4 members (excludes halogenated alkanes) is 3. The van der Waals surface area contributed by atoms with Gasteiger partial charge in [-0.3, -0.25) is 0 Å². The van der Waals surface area contributed by atoms with Crippen LogP contribution in [-0.2, 0) is 4.84 Å². The van der Waals surface area contributed by atoms with Crippen LogP contribution in [-0.4, -0.2) is 8.59 Å². The Labute approximate surface area is 89.7 Å². The van der Waals surface area contributed by atoms with Crippen LogP contribution >= 0.6 is 0 Å². The highest BCUT2D eigenvalue weighted by Crippen LogP contribution is 2.07. The molecule has 0 aliphatic rings. The predicted octanol–water partition coefficient (Wildman–Crippen LogP) is 4.31. The van der Waals surface area contributed by atoms with Gasteiger partial charge in [-0.1, -0.05) is 52.5 Å². The van der Waals surface area contributed by atoms with Gasteiger partial charge in [0.1, 0.15) is 6.26 Å². The van der Waals surface area contributed by atoms with E-state index in [9.17, 15) is 0 Å². The first-order valence-corrected chi connectivity index (χ1v) is 7.53. The molecule has 14 heavy (non-hydrogen) atoms. The maximum Gasteiger partial charge on any atom is 0.181 e. The fraction of sp³-hybridized carbons (Fsp3) is 0.818. The van der Waals surface area contributed by atoms with Crippen LogP contribution in [0.25, 0.3) is 0 Å². The molecule has 82 valence electrons. The van der Waals surface area contributed by atoms with Crippen molar-refractivity contribution in [3.05, 3.63) is 12.8 Å². The van der Waals surface area contributed by atoms with Gasteiger partial charge in [0.05, 0.1) is 0 Å². The van der Waals surface area contributed by atoms with E-state index in [4.69, 9.17) is 4.84 Å². The minimum absolute atomic E-state index is 0.611. The van der Waals surface area contributed by atoms with Gasteiger partial charge in [-0.2, -0.15) is 0 Å². The van der Waals surface area contributed by atoms with E-state index in [0.717, 1.165) is 0 Å². The Morgan fingerprint density at radius 1 is 1.14 bits per heavy atom. The standard InChI is InChI=1S/C11H23NOSi/c1-4-7-9-11-14(10-8-5-2)12-13-6-3/h6H,3-5,7-11H2,1-2H3. The summed E-state index contributed by atoms with van der Waals surface area (Å²) >= 11 is 0. The van der Waals surface area contributed by atoms with Crippen LogP contribution in [0.1, 0.15) is 46.0 Å². The second-order valence-electron chi connectivity index (χ2n) is 3.49. The minimum Gasteiger partial charge on any atom is -0.376 e. The Bertz CT molecular complexity index is 169. The topological polar surface area (TPSA) is 21.6 Å². The normalized spacial score (nSPS) is 11.4. The monoisotopic (exact) mass is 213 g/mol. The summed E-state index contributed by atoms with van der Waals surface area (Å²) in [4.78, 5) is 9.19. The first-order valence-electron chi connectivity index (χ1n) is 5.67.